The van der Waals surface area contributed by atoms with Gasteiger partial charge in [-0.05, 0) is 11.1 Å². The molecule has 3 rings (SSSR count). The van der Waals surface area contributed by atoms with Crippen molar-refractivity contribution in [3.05, 3.63) is 96.1 Å². The van der Waals surface area contributed by atoms with Crippen molar-refractivity contribution in [2.75, 3.05) is 0 Å². The van der Waals surface area contributed by atoms with E-state index in [2.05, 4.69) is 78.5 Å². The van der Waals surface area contributed by atoms with E-state index in [1.54, 1.807) is 0 Å². The maximum atomic E-state index is 4.28. The van der Waals surface area contributed by atoms with Crippen LogP contribution in [0.25, 0.3) is 11.1 Å². The first-order chi connectivity index (χ1) is 9.84. The fourth-order valence-electron chi connectivity index (χ4n) is 2.42. The SMILES string of the molecule is [NH3+][C@@H](c1ccccc1)c1ccc(-c2ccccc2)cc1. The summed E-state index contributed by atoms with van der Waals surface area (Å²) >= 11 is 0. The third kappa shape index (κ3) is 2.63. The summed E-state index contributed by atoms with van der Waals surface area (Å²) in [7, 11) is 0. The third-order valence-electron chi connectivity index (χ3n) is 3.62. The average Bonchev–Trinajstić information content (AvgIpc) is 2.56. The maximum absolute atomic E-state index is 4.28. The van der Waals surface area contributed by atoms with Crippen LogP contribution in [0.5, 0.6) is 0 Å². The topological polar surface area (TPSA) is 27.6 Å². The van der Waals surface area contributed by atoms with E-state index in [0.717, 1.165) is 0 Å². The normalized spacial score (nSPS) is 12.1. The highest BCUT2D eigenvalue weighted by atomic mass is 14.6. The van der Waals surface area contributed by atoms with Crippen LogP contribution in [0.2, 0.25) is 0 Å². The van der Waals surface area contributed by atoms with Crippen molar-refractivity contribution < 1.29 is 5.73 Å². The summed E-state index contributed by atoms with van der Waals surface area (Å²) in [6.07, 6.45) is 0. The van der Waals surface area contributed by atoms with E-state index in [0.29, 0.717) is 0 Å². The first-order valence-corrected chi connectivity index (χ1v) is 6.88. The van der Waals surface area contributed by atoms with Crippen LogP contribution in [-0.4, -0.2) is 0 Å². The van der Waals surface area contributed by atoms with Crippen molar-refractivity contribution in [2.24, 2.45) is 0 Å². The molecule has 0 aliphatic heterocycles. The molecule has 0 saturated heterocycles. The summed E-state index contributed by atoms with van der Waals surface area (Å²) < 4.78 is 0. The first kappa shape index (κ1) is 12.6. The van der Waals surface area contributed by atoms with Gasteiger partial charge in [-0.25, -0.2) is 0 Å². The molecule has 0 heterocycles. The number of quaternary nitrogens is 1. The predicted molar refractivity (Wildman–Crippen MR) is 83.1 cm³/mol. The average molecular weight is 260 g/mol. The molecule has 3 aromatic rings. The monoisotopic (exact) mass is 260 g/mol. The van der Waals surface area contributed by atoms with Crippen LogP contribution in [0.3, 0.4) is 0 Å². The van der Waals surface area contributed by atoms with Gasteiger partial charge in [0.1, 0.15) is 6.04 Å². The Labute approximate surface area is 119 Å². The molecule has 0 spiro atoms. The molecule has 0 bridgehead atoms. The second kappa shape index (κ2) is 5.72. The molecule has 0 unspecified atom stereocenters. The van der Waals surface area contributed by atoms with Crippen molar-refractivity contribution in [1.29, 1.82) is 0 Å². The Morgan fingerprint density at radius 3 is 1.55 bits per heavy atom. The minimum absolute atomic E-state index is 0.182. The molecule has 3 aromatic carbocycles. The van der Waals surface area contributed by atoms with E-state index in [-0.39, 0.29) is 6.04 Å². The minimum Gasteiger partial charge on any atom is -0.348 e. The van der Waals surface area contributed by atoms with E-state index in [1.807, 2.05) is 12.1 Å². The van der Waals surface area contributed by atoms with Gasteiger partial charge in [0, 0.05) is 11.1 Å². The van der Waals surface area contributed by atoms with Crippen LogP contribution in [0.1, 0.15) is 17.2 Å². The molecule has 0 aliphatic rings. The van der Waals surface area contributed by atoms with Crippen molar-refractivity contribution in [1.82, 2.24) is 0 Å². The van der Waals surface area contributed by atoms with E-state index in [9.17, 15) is 0 Å². The summed E-state index contributed by atoms with van der Waals surface area (Å²) in [5, 5.41) is 0. The van der Waals surface area contributed by atoms with E-state index >= 15 is 0 Å². The van der Waals surface area contributed by atoms with Crippen molar-refractivity contribution in [3.8, 4) is 11.1 Å². The van der Waals surface area contributed by atoms with Crippen LogP contribution in [-0.2, 0) is 0 Å². The van der Waals surface area contributed by atoms with Gasteiger partial charge in [0.05, 0.1) is 0 Å². The van der Waals surface area contributed by atoms with Crippen LogP contribution in [0.15, 0.2) is 84.9 Å². The quantitative estimate of drug-likeness (QED) is 0.744. The molecule has 0 saturated carbocycles. The first-order valence-electron chi connectivity index (χ1n) is 6.88. The molecular formula is C19H18N+. The zero-order valence-electron chi connectivity index (χ0n) is 11.4. The van der Waals surface area contributed by atoms with Crippen molar-refractivity contribution in [2.45, 2.75) is 6.04 Å². The highest BCUT2D eigenvalue weighted by Crippen LogP contribution is 2.23. The van der Waals surface area contributed by atoms with E-state index in [1.165, 1.54) is 22.3 Å². The molecule has 0 amide bonds. The van der Waals surface area contributed by atoms with Crippen LogP contribution in [0, 0.1) is 0 Å². The van der Waals surface area contributed by atoms with Crippen LogP contribution >= 0.6 is 0 Å². The second-order valence-electron chi connectivity index (χ2n) is 4.95. The zero-order chi connectivity index (χ0) is 13.8. The number of hydrogen-bond acceptors (Lipinski definition) is 0. The van der Waals surface area contributed by atoms with Crippen molar-refractivity contribution in [3.63, 3.8) is 0 Å². The van der Waals surface area contributed by atoms with E-state index in [4.69, 9.17) is 0 Å². The van der Waals surface area contributed by atoms with Crippen LogP contribution in [0.4, 0.5) is 0 Å². The smallest absolute Gasteiger partial charge is 0.136 e. The molecule has 0 aromatic heterocycles. The van der Waals surface area contributed by atoms with Crippen molar-refractivity contribution >= 4 is 0 Å². The number of benzene rings is 3. The van der Waals surface area contributed by atoms with E-state index < -0.39 is 0 Å². The number of hydrogen-bond donors (Lipinski definition) is 1. The largest absolute Gasteiger partial charge is 0.348 e. The Morgan fingerprint density at radius 1 is 0.500 bits per heavy atom. The Morgan fingerprint density at radius 2 is 0.950 bits per heavy atom. The Balaban J connectivity index is 1.87. The molecule has 98 valence electrons. The molecule has 1 heteroatoms. The molecule has 3 N–H and O–H groups in total. The fourth-order valence-corrected chi connectivity index (χ4v) is 2.42. The third-order valence-corrected chi connectivity index (χ3v) is 3.62. The fraction of sp³-hybridized carbons (Fsp3) is 0.0526. The molecule has 1 nitrogen and oxygen atoms in total. The molecule has 0 fully saturated rings. The Bertz CT molecular complexity index is 657. The maximum Gasteiger partial charge on any atom is 0.136 e. The molecular weight excluding hydrogens is 242 g/mol. The van der Waals surface area contributed by atoms with Gasteiger partial charge in [-0.1, -0.05) is 84.9 Å². The zero-order valence-corrected chi connectivity index (χ0v) is 11.4. The van der Waals surface area contributed by atoms with Gasteiger partial charge in [0.15, 0.2) is 0 Å². The lowest BCUT2D eigenvalue weighted by molar-refractivity contribution is -0.411. The minimum atomic E-state index is 0.182. The predicted octanol–water partition coefficient (Wildman–Crippen LogP) is 3.68. The summed E-state index contributed by atoms with van der Waals surface area (Å²) in [6.45, 7) is 0. The molecule has 20 heavy (non-hydrogen) atoms. The Kier molecular flexibility index (Phi) is 3.62. The summed E-state index contributed by atoms with van der Waals surface area (Å²) in [5.74, 6) is 0. The highest BCUT2D eigenvalue weighted by molar-refractivity contribution is 5.63. The van der Waals surface area contributed by atoms with Gasteiger partial charge < -0.3 is 5.73 Å². The van der Waals surface area contributed by atoms with Gasteiger partial charge in [-0.2, -0.15) is 0 Å². The summed E-state index contributed by atoms with van der Waals surface area (Å²) in [6, 6.07) is 29.7. The summed E-state index contributed by atoms with van der Waals surface area (Å²) in [5.41, 5.74) is 9.27. The number of rotatable bonds is 3. The lowest BCUT2D eigenvalue weighted by Gasteiger charge is -2.10. The van der Waals surface area contributed by atoms with Gasteiger partial charge >= 0.3 is 0 Å². The van der Waals surface area contributed by atoms with Gasteiger partial charge in [0.25, 0.3) is 0 Å². The standard InChI is InChI=1S/C19H17N/c20-19(17-9-5-2-6-10-17)18-13-11-16(12-14-18)15-7-3-1-4-8-15/h1-14,19H,20H2/p+1/t19-/m0/s1. The summed E-state index contributed by atoms with van der Waals surface area (Å²) in [4.78, 5) is 0. The second-order valence-corrected chi connectivity index (χ2v) is 4.95. The van der Waals surface area contributed by atoms with Crippen LogP contribution < -0.4 is 5.73 Å². The van der Waals surface area contributed by atoms with Gasteiger partial charge in [-0.3, -0.25) is 0 Å². The molecule has 1 atom stereocenters. The molecule has 0 aliphatic carbocycles. The van der Waals surface area contributed by atoms with Gasteiger partial charge in [0.2, 0.25) is 0 Å². The lowest BCUT2D eigenvalue weighted by atomic mass is 9.97. The highest BCUT2D eigenvalue weighted by Gasteiger charge is 2.11. The lowest BCUT2D eigenvalue weighted by Crippen LogP contribution is -2.53. The Hall–Kier alpha value is -2.38. The van der Waals surface area contributed by atoms with Gasteiger partial charge in [-0.15, -0.1) is 0 Å². The molecule has 0 radical (unpaired) electrons.